The molecule has 0 spiro atoms. The van der Waals surface area contributed by atoms with Crippen molar-refractivity contribution in [3.05, 3.63) is 146 Å². The summed E-state index contributed by atoms with van der Waals surface area (Å²) in [6.07, 6.45) is 94.3. The van der Waals surface area contributed by atoms with Crippen molar-refractivity contribution in [2.45, 2.75) is 284 Å². The molecule has 1 unspecified atom stereocenters. The van der Waals surface area contributed by atoms with Crippen LogP contribution in [0.25, 0.3) is 0 Å². The van der Waals surface area contributed by atoms with Gasteiger partial charge in [0.1, 0.15) is 13.2 Å². The summed E-state index contributed by atoms with van der Waals surface area (Å²) in [5, 5.41) is 0. The molecule has 6 heteroatoms. The van der Waals surface area contributed by atoms with Crippen LogP contribution in [-0.2, 0) is 28.6 Å². The Morgan fingerprint density at radius 1 is 0.266 bits per heavy atom. The minimum absolute atomic E-state index is 0.107. The summed E-state index contributed by atoms with van der Waals surface area (Å²) >= 11 is 0. The van der Waals surface area contributed by atoms with Gasteiger partial charge in [0, 0.05) is 19.3 Å². The smallest absolute Gasteiger partial charge is 0.306 e. The molecule has 0 heterocycles. The second-order valence-corrected chi connectivity index (χ2v) is 20.9. The molecule has 0 aliphatic heterocycles. The van der Waals surface area contributed by atoms with E-state index in [9.17, 15) is 14.4 Å². The highest BCUT2D eigenvalue weighted by atomic mass is 16.6. The summed E-state index contributed by atoms with van der Waals surface area (Å²) in [7, 11) is 0. The van der Waals surface area contributed by atoms with Crippen molar-refractivity contribution in [3.63, 3.8) is 0 Å². The zero-order valence-corrected chi connectivity index (χ0v) is 51.1. The number of carbonyl (C=O) groups excluding carboxylic acids is 3. The van der Waals surface area contributed by atoms with Gasteiger partial charge in [-0.05, 0) is 116 Å². The molecule has 0 aliphatic carbocycles. The Balaban J connectivity index is 4.42. The predicted molar refractivity (Wildman–Crippen MR) is 343 cm³/mol. The average molecular weight is 1090 g/mol. The second-order valence-electron chi connectivity index (χ2n) is 20.9. The summed E-state index contributed by atoms with van der Waals surface area (Å²) in [4.78, 5) is 38.3. The summed E-state index contributed by atoms with van der Waals surface area (Å²) in [5.41, 5.74) is 0. The van der Waals surface area contributed by atoms with Gasteiger partial charge in [-0.15, -0.1) is 0 Å². The van der Waals surface area contributed by atoms with Crippen LogP contribution in [0.5, 0.6) is 0 Å². The molecule has 0 aromatic heterocycles. The van der Waals surface area contributed by atoms with Crippen LogP contribution in [-0.4, -0.2) is 37.2 Å². The fourth-order valence-corrected chi connectivity index (χ4v) is 8.58. The van der Waals surface area contributed by atoms with Crippen molar-refractivity contribution in [1.29, 1.82) is 0 Å². The van der Waals surface area contributed by atoms with E-state index in [1.165, 1.54) is 103 Å². The van der Waals surface area contributed by atoms with Crippen molar-refractivity contribution < 1.29 is 28.6 Å². The first-order valence-electron chi connectivity index (χ1n) is 32.3. The third-order valence-corrected chi connectivity index (χ3v) is 13.3. The van der Waals surface area contributed by atoms with Crippen LogP contribution in [0.1, 0.15) is 278 Å². The quantitative estimate of drug-likeness (QED) is 0.0261. The molecule has 0 saturated carbocycles. The number of carbonyl (C=O) groups is 3. The number of hydrogen-bond acceptors (Lipinski definition) is 6. The number of allylic oxidation sites excluding steroid dienone is 24. The highest BCUT2D eigenvalue weighted by Crippen LogP contribution is 2.15. The van der Waals surface area contributed by atoms with Gasteiger partial charge in [0.2, 0.25) is 0 Å². The molecular weight excluding hydrogens is 973 g/mol. The normalized spacial score (nSPS) is 13.1. The molecule has 446 valence electrons. The lowest BCUT2D eigenvalue weighted by atomic mass is 10.0. The molecule has 0 amide bonds. The number of rotatable bonds is 57. The number of ether oxygens (including phenoxy) is 3. The Morgan fingerprint density at radius 2 is 0.506 bits per heavy atom. The number of esters is 3. The van der Waals surface area contributed by atoms with Gasteiger partial charge in [-0.3, -0.25) is 14.4 Å². The molecular formula is C73H118O6. The standard InChI is InChI=1S/C73H118O6/c1-4-7-10-13-16-19-22-25-28-30-31-32-33-34-35-36-37-38-39-40-41-43-45-48-51-54-57-60-63-66-72(75)78-69-70(68-77-71(74)65-62-59-56-53-50-47-44-27-24-21-18-15-12-9-6-3)79-73(76)67-64-61-58-55-52-49-46-42-29-26-23-20-17-14-11-8-5-2/h7-8,10-11,16-17,19-20,25-26,28-29,31-32,34-35,37-38,40-41,46,49,55,58,70H,4-6,9,12-15,18,21-24,27,30,33,36,39,42-45,47-48,50-54,56-57,59-69H2,1-3H3/b10-7-,11-8-,19-16-,20-17-,28-25-,29-26-,32-31-,35-34-,38-37-,41-40-,49-46-,58-55-. The van der Waals surface area contributed by atoms with Gasteiger partial charge in [-0.1, -0.05) is 289 Å². The van der Waals surface area contributed by atoms with E-state index in [1.54, 1.807) is 0 Å². The summed E-state index contributed by atoms with van der Waals surface area (Å²) < 4.78 is 16.9. The molecule has 0 rings (SSSR count). The third-order valence-electron chi connectivity index (χ3n) is 13.3. The van der Waals surface area contributed by atoms with E-state index in [-0.39, 0.29) is 37.5 Å². The maximum Gasteiger partial charge on any atom is 0.306 e. The average Bonchev–Trinajstić information content (AvgIpc) is 3.45. The molecule has 79 heavy (non-hydrogen) atoms. The Kier molecular flexibility index (Phi) is 61.9. The maximum atomic E-state index is 12.9. The first-order chi connectivity index (χ1) is 39.0. The van der Waals surface area contributed by atoms with Crippen LogP contribution >= 0.6 is 0 Å². The second kappa shape index (κ2) is 65.8. The maximum absolute atomic E-state index is 12.9. The molecule has 0 radical (unpaired) electrons. The first-order valence-corrected chi connectivity index (χ1v) is 32.3. The molecule has 0 bridgehead atoms. The Labute approximate surface area is 487 Å². The first kappa shape index (κ1) is 74.3. The van der Waals surface area contributed by atoms with Gasteiger partial charge < -0.3 is 14.2 Å². The van der Waals surface area contributed by atoms with Crippen molar-refractivity contribution in [1.82, 2.24) is 0 Å². The number of hydrogen-bond donors (Lipinski definition) is 0. The zero-order valence-electron chi connectivity index (χ0n) is 51.1. The van der Waals surface area contributed by atoms with Crippen molar-refractivity contribution >= 4 is 17.9 Å². The Bertz CT molecular complexity index is 1730. The summed E-state index contributed by atoms with van der Waals surface area (Å²) in [6.45, 7) is 6.37. The van der Waals surface area contributed by atoms with E-state index < -0.39 is 6.10 Å². The molecule has 0 fully saturated rings. The van der Waals surface area contributed by atoms with Crippen LogP contribution in [0.4, 0.5) is 0 Å². The van der Waals surface area contributed by atoms with E-state index in [1.807, 2.05) is 0 Å². The van der Waals surface area contributed by atoms with Gasteiger partial charge >= 0.3 is 17.9 Å². The van der Waals surface area contributed by atoms with Crippen molar-refractivity contribution in [2.75, 3.05) is 13.2 Å². The minimum Gasteiger partial charge on any atom is -0.462 e. The van der Waals surface area contributed by atoms with Gasteiger partial charge in [0.25, 0.3) is 0 Å². The zero-order chi connectivity index (χ0) is 57.1. The molecule has 0 aliphatic rings. The fourth-order valence-electron chi connectivity index (χ4n) is 8.58. The SMILES string of the molecule is CC/C=C\C/C=C\C/C=C\C/C=C\C/C=C\C/C=C\C/C=C\CCCCCCCCCC(=O)OCC(COC(=O)CCCCCCCCCCCCCCCCC)OC(=O)CCC/C=C\C/C=C\C/C=C\C/C=C\C/C=C\CC. The molecule has 6 nitrogen and oxygen atoms in total. The van der Waals surface area contributed by atoms with Crippen LogP contribution < -0.4 is 0 Å². The fraction of sp³-hybridized carbons (Fsp3) is 0.630. The monoisotopic (exact) mass is 1090 g/mol. The summed E-state index contributed by atoms with van der Waals surface area (Å²) in [5.74, 6) is -0.975. The van der Waals surface area contributed by atoms with Crippen molar-refractivity contribution in [2.24, 2.45) is 0 Å². The largest absolute Gasteiger partial charge is 0.462 e. The third kappa shape index (κ3) is 64.0. The minimum atomic E-state index is -0.818. The van der Waals surface area contributed by atoms with Crippen LogP contribution in [0.3, 0.4) is 0 Å². The van der Waals surface area contributed by atoms with Gasteiger partial charge in [-0.2, -0.15) is 0 Å². The molecule has 0 aromatic carbocycles. The van der Waals surface area contributed by atoms with E-state index in [4.69, 9.17) is 14.2 Å². The summed E-state index contributed by atoms with van der Waals surface area (Å²) in [6, 6.07) is 0. The van der Waals surface area contributed by atoms with Crippen LogP contribution in [0.15, 0.2) is 146 Å². The lowest BCUT2D eigenvalue weighted by Crippen LogP contribution is -2.30. The van der Waals surface area contributed by atoms with E-state index in [0.29, 0.717) is 19.3 Å². The van der Waals surface area contributed by atoms with E-state index in [2.05, 4.69) is 167 Å². The molecule has 1 atom stereocenters. The van der Waals surface area contributed by atoms with Gasteiger partial charge in [0.05, 0.1) is 0 Å². The van der Waals surface area contributed by atoms with Crippen molar-refractivity contribution in [3.8, 4) is 0 Å². The topological polar surface area (TPSA) is 78.9 Å². The van der Waals surface area contributed by atoms with Gasteiger partial charge in [-0.25, -0.2) is 0 Å². The van der Waals surface area contributed by atoms with Crippen LogP contribution in [0, 0.1) is 0 Å². The molecule has 0 aromatic rings. The highest BCUT2D eigenvalue weighted by Gasteiger charge is 2.19. The molecule has 0 N–H and O–H groups in total. The van der Waals surface area contributed by atoms with Crippen LogP contribution in [0.2, 0.25) is 0 Å². The van der Waals surface area contributed by atoms with E-state index >= 15 is 0 Å². The number of unbranched alkanes of at least 4 members (excludes halogenated alkanes) is 22. The lowest BCUT2D eigenvalue weighted by molar-refractivity contribution is -0.167. The Hall–Kier alpha value is -4.71. The predicted octanol–water partition coefficient (Wildman–Crippen LogP) is 22.3. The van der Waals surface area contributed by atoms with Gasteiger partial charge in [0.15, 0.2) is 6.10 Å². The van der Waals surface area contributed by atoms with E-state index in [0.717, 1.165) is 128 Å². The Morgan fingerprint density at radius 3 is 0.810 bits per heavy atom. The highest BCUT2D eigenvalue weighted by molar-refractivity contribution is 5.71. The lowest BCUT2D eigenvalue weighted by Gasteiger charge is -2.18. The molecule has 0 saturated heterocycles.